The van der Waals surface area contributed by atoms with Crippen LogP contribution in [0, 0.1) is 0 Å². The molecule has 0 aliphatic heterocycles. The monoisotopic (exact) mass is 443 g/mol. The zero-order chi connectivity index (χ0) is 22.4. The molecule has 2 aromatic heterocycles. The number of anilines is 2. The number of ether oxygens (including phenoxy) is 1. The number of hydrogen-bond acceptors (Lipinski definition) is 6. The number of hydrogen-bond donors (Lipinski definition) is 2. The first kappa shape index (κ1) is 22.3. The molecule has 31 heavy (non-hydrogen) atoms. The number of nitrogens with zero attached hydrogens (tertiary/aromatic N) is 3. The van der Waals surface area contributed by atoms with Gasteiger partial charge in [-0.1, -0.05) is 41.9 Å². The average molecular weight is 444 g/mol. The third-order valence-electron chi connectivity index (χ3n) is 4.62. The summed E-state index contributed by atoms with van der Waals surface area (Å²) in [6.07, 6.45) is 1.84. The molecule has 9 nitrogen and oxygen atoms in total. The first-order chi connectivity index (χ1) is 14.9. The van der Waals surface area contributed by atoms with Gasteiger partial charge in [0, 0.05) is 32.0 Å². The minimum atomic E-state index is -0.752. The zero-order valence-electron chi connectivity index (χ0n) is 16.9. The number of nitrogens with two attached hydrogens (primary N) is 1. The molecule has 2 heterocycles. The molecular weight excluding hydrogens is 422 g/mol. The predicted molar refractivity (Wildman–Crippen MR) is 119 cm³/mol. The van der Waals surface area contributed by atoms with Gasteiger partial charge in [0.2, 0.25) is 0 Å². The summed E-state index contributed by atoms with van der Waals surface area (Å²) < 4.78 is 6.30. The largest absolute Gasteiger partial charge is 0.385 e. The van der Waals surface area contributed by atoms with E-state index in [1.165, 1.54) is 34.9 Å². The number of halogens is 1. The maximum atomic E-state index is 13.3. The fourth-order valence-corrected chi connectivity index (χ4v) is 3.31. The molecule has 0 bridgehead atoms. The summed E-state index contributed by atoms with van der Waals surface area (Å²) in [5.74, 6) is -0.606. The number of pyridine rings is 1. The molecule has 0 aliphatic carbocycles. The highest BCUT2D eigenvalue weighted by molar-refractivity contribution is 6.29. The Balaban J connectivity index is 2.09. The van der Waals surface area contributed by atoms with Gasteiger partial charge in [-0.2, -0.15) is 0 Å². The van der Waals surface area contributed by atoms with E-state index in [4.69, 9.17) is 22.1 Å². The van der Waals surface area contributed by atoms with Crippen molar-refractivity contribution in [1.29, 1.82) is 0 Å². The molecule has 10 heteroatoms. The van der Waals surface area contributed by atoms with Gasteiger partial charge < -0.3 is 15.4 Å². The number of rotatable bonds is 8. The summed E-state index contributed by atoms with van der Waals surface area (Å²) in [4.78, 5) is 45.8. The van der Waals surface area contributed by atoms with E-state index in [9.17, 15) is 14.4 Å². The lowest BCUT2D eigenvalue weighted by Crippen LogP contribution is -2.42. The Hall–Kier alpha value is -3.43. The average Bonchev–Trinajstić information content (AvgIpc) is 2.76. The molecule has 162 valence electrons. The normalized spacial score (nSPS) is 10.8. The van der Waals surface area contributed by atoms with Crippen LogP contribution in [0.1, 0.15) is 22.3 Å². The number of H-pyrrole nitrogens is 1. The molecule has 0 saturated heterocycles. The summed E-state index contributed by atoms with van der Waals surface area (Å²) in [7, 11) is 1.54. The molecule has 1 amide bonds. The van der Waals surface area contributed by atoms with Crippen molar-refractivity contribution in [2.75, 3.05) is 30.9 Å². The number of nitrogen functional groups attached to an aromatic ring is 1. The van der Waals surface area contributed by atoms with E-state index in [-0.39, 0.29) is 35.3 Å². The van der Waals surface area contributed by atoms with Crippen LogP contribution in [0.3, 0.4) is 0 Å². The number of aromatic nitrogens is 3. The van der Waals surface area contributed by atoms with E-state index < -0.39 is 17.2 Å². The molecular formula is C21H22ClN5O4. The number of benzene rings is 1. The lowest BCUT2D eigenvalue weighted by molar-refractivity contribution is 0.0983. The van der Waals surface area contributed by atoms with Gasteiger partial charge in [0.25, 0.3) is 11.5 Å². The molecule has 1 aromatic carbocycles. The number of amides is 1. The van der Waals surface area contributed by atoms with Crippen molar-refractivity contribution in [3.05, 3.63) is 85.8 Å². The van der Waals surface area contributed by atoms with Gasteiger partial charge >= 0.3 is 5.69 Å². The first-order valence-electron chi connectivity index (χ1n) is 9.51. The van der Waals surface area contributed by atoms with Crippen molar-refractivity contribution >= 4 is 29.0 Å². The highest BCUT2D eigenvalue weighted by Crippen LogP contribution is 2.21. The Bertz CT molecular complexity index is 1180. The Labute approximate surface area is 183 Å². The lowest BCUT2D eigenvalue weighted by atomic mass is 10.2. The number of carbonyl (C=O) groups excluding carboxylic acids is 1. The van der Waals surface area contributed by atoms with Gasteiger partial charge in [0.15, 0.2) is 5.69 Å². The maximum Gasteiger partial charge on any atom is 0.330 e. The minimum Gasteiger partial charge on any atom is -0.385 e. The van der Waals surface area contributed by atoms with Crippen LogP contribution in [-0.4, -0.2) is 40.7 Å². The van der Waals surface area contributed by atoms with Crippen molar-refractivity contribution in [2.24, 2.45) is 0 Å². The van der Waals surface area contributed by atoms with Crippen molar-refractivity contribution in [3.8, 4) is 0 Å². The van der Waals surface area contributed by atoms with Gasteiger partial charge in [0.1, 0.15) is 11.0 Å². The molecule has 0 fully saturated rings. The van der Waals surface area contributed by atoms with Crippen molar-refractivity contribution < 1.29 is 9.53 Å². The molecule has 0 radical (unpaired) electrons. The molecule has 0 atom stereocenters. The summed E-state index contributed by atoms with van der Waals surface area (Å²) in [6, 6.07) is 12.1. The second-order valence-corrected chi connectivity index (χ2v) is 7.12. The molecule has 3 aromatic rings. The number of aromatic amines is 1. The van der Waals surface area contributed by atoms with Crippen LogP contribution < -0.4 is 21.9 Å². The van der Waals surface area contributed by atoms with Gasteiger partial charge in [-0.3, -0.25) is 19.1 Å². The second-order valence-electron chi connectivity index (χ2n) is 6.74. The number of carbonyl (C=O) groups is 1. The van der Waals surface area contributed by atoms with Crippen molar-refractivity contribution in [2.45, 2.75) is 13.0 Å². The van der Waals surface area contributed by atoms with Gasteiger partial charge in [0.05, 0.1) is 6.54 Å². The Morgan fingerprint density at radius 1 is 1.26 bits per heavy atom. The number of methoxy groups -OCH3 is 1. The molecule has 3 N–H and O–H groups in total. The smallest absolute Gasteiger partial charge is 0.330 e. The van der Waals surface area contributed by atoms with Crippen LogP contribution in [0.4, 0.5) is 11.5 Å². The predicted octanol–water partition coefficient (Wildman–Crippen LogP) is 1.90. The van der Waals surface area contributed by atoms with E-state index in [1.54, 1.807) is 0 Å². The van der Waals surface area contributed by atoms with Crippen molar-refractivity contribution in [1.82, 2.24) is 14.5 Å². The minimum absolute atomic E-state index is 0.107. The highest BCUT2D eigenvalue weighted by atomic mass is 35.5. The second kappa shape index (κ2) is 10.1. The summed E-state index contributed by atoms with van der Waals surface area (Å²) >= 11 is 5.93. The standard InChI is InChI=1S/C21H22ClN5O4/c1-31-11-5-10-26(20(29)15-8-9-24-16(22)12-15)17-18(23)27(21(30)25-19(17)28)13-14-6-3-2-4-7-14/h2-4,6-9,12H,5,10-11,13,23H2,1H3,(H,25,28,30). The molecule has 3 rings (SSSR count). The Morgan fingerprint density at radius 2 is 2.00 bits per heavy atom. The van der Waals surface area contributed by atoms with Crippen LogP contribution >= 0.6 is 11.6 Å². The first-order valence-corrected chi connectivity index (χ1v) is 9.89. The SMILES string of the molecule is COCCCN(C(=O)c1ccnc(Cl)c1)c1c(N)n(Cc2ccccc2)c(=O)[nH]c1=O. The van der Waals surface area contributed by atoms with Crippen LogP contribution in [0.25, 0.3) is 0 Å². The van der Waals surface area contributed by atoms with Gasteiger partial charge in [-0.25, -0.2) is 9.78 Å². The van der Waals surface area contributed by atoms with Crippen LogP contribution in [0.15, 0.2) is 58.3 Å². The lowest BCUT2D eigenvalue weighted by Gasteiger charge is -2.24. The van der Waals surface area contributed by atoms with E-state index in [0.29, 0.717) is 13.0 Å². The Kier molecular flexibility index (Phi) is 7.22. The fourth-order valence-electron chi connectivity index (χ4n) is 3.13. The summed E-state index contributed by atoms with van der Waals surface area (Å²) in [5, 5.41) is 0.138. The van der Waals surface area contributed by atoms with Crippen LogP contribution in [-0.2, 0) is 11.3 Å². The summed E-state index contributed by atoms with van der Waals surface area (Å²) in [5.41, 5.74) is 5.79. The van der Waals surface area contributed by atoms with E-state index in [2.05, 4.69) is 9.97 Å². The maximum absolute atomic E-state index is 13.3. The summed E-state index contributed by atoms with van der Waals surface area (Å²) in [6.45, 7) is 0.641. The number of nitrogens with one attached hydrogen (secondary N) is 1. The zero-order valence-corrected chi connectivity index (χ0v) is 17.6. The topological polar surface area (TPSA) is 123 Å². The molecule has 0 unspecified atom stereocenters. The quantitative estimate of drug-likeness (QED) is 0.405. The van der Waals surface area contributed by atoms with Gasteiger partial charge in [-0.05, 0) is 24.1 Å². The third kappa shape index (κ3) is 5.19. The van der Waals surface area contributed by atoms with Crippen LogP contribution in [0.2, 0.25) is 5.15 Å². The van der Waals surface area contributed by atoms with Gasteiger partial charge in [-0.15, -0.1) is 0 Å². The van der Waals surface area contributed by atoms with E-state index in [0.717, 1.165) is 5.56 Å². The highest BCUT2D eigenvalue weighted by Gasteiger charge is 2.25. The fraction of sp³-hybridized carbons (Fsp3) is 0.238. The van der Waals surface area contributed by atoms with E-state index >= 15 is 0 Å². The van der Waals surface area contributed by atoms with Crippen molar-refractivity contribution in [3.63, 3.8) is 0 Å². The van der Waals surface area contributed by atoms with Crippen LogP contribution in [0.5, 0.6) is 0 Å². The molecule has 0 saturated carbocycles. The Morgan fingerprint density at radius 3 is 2.68 bits per heavy atom. The van der Waals surface area contributed by atoms with E-state index in [1.807, 2.05) is 30.3 Å². The molecule has 0 spiro atoms. The molecule has 0 aliphatic rings. The third-order valence-corrected chi connectivity index (χ3v) is 4.82.